The maximum absolute atomic E-state index is 12.4. The summed E-state index contributed by atoms with van der Waals surface area (Å²) in [6, 6.07) is 9.18. The Morgan fingerprint density at radius 3 is 2.58 bits per heavy atom. The highest BCUT2D eigenvalue weighted by atomic mass is 16.3. The Balaban J connectivity index is 2.10. The number of anilines is 1. The minimum absolute atomic E-state index is 0.0155. The van der Waals surface area contributed by atoms with Gasteiger partial charge in [0.25, 0.3) is 0 Å². The van der Waals surface area contributed by atoms with E-state index in [1.165, 1.54) is 6.07 Å². The van der Waals surface area contributed by atoms with Gasteiger partial charge in [0.2, 0.25) is 0 Å². The molecule has 0 saturated heterocycles. The average molecular weight is 356 g/mol. The van der Waals surface area contributed by atoms with E-state index in [9.17, 15) is 20.1 Å². The fourth-order valence-electron chi connectivity index (χ4n) is 2.55. The molecule has 0 aliphatic carbocycles. The largest absolute Gasteiger partial charge is 0.508 e. The van der Waals surface area contributed by atoms with Crippen LogP contribution in [0.15, 0.2) is 41.4 Å². The van der Waals surface area contributed by atoms with E-state index in [0.717, 1.165) is 0 Å². The topological polar surface area (TPSA) is 102 Å². The predicted octanol–water partition coefficient (Wildman–Crippen LogP) is 3.38. The van der Waals surface area contributed by atoms with Gasteiger partial charge in [0.1, 0.15) is 17.2 Å². The zero-order chi connectivity index (χ0) is 19.3. The van der Waals surface area contributed by atoms with E-state index in [0.29, 0.717) is 28.9 Å². The van der Waals surface area contributed by atoms with Gasteiger partial charge >= 0.3 is 0 Å². The standard InChI is InChI=1S/C20H24N2O4/c1-4-17(16-8-9-18(24)12(2)20(16)26)21-11-19(25)13(3)22-14-6-5-7-15(23)10-14/h5-10,13,22-24,26H,4,11H2,1-3H3/t13-/m1/s1. The van der Waals surface area contributed by atoms with E-state index in [-0.39, 0.29) is 29.6 Å². The van der Waals surface area contributed by atoms with E-state index < -0.39 is 6.04 Å². The number of hydrogen-bond donors (Lipinski definition) is 4. The first-order valence-corrected chi connectivity index (χ1v) is 8.47. The third-order valence-corrected chi connectivity index (χ3v) is 4.19. The van der Waals surface area contributed by atoms with Crippen molar-refractivity contribution in [2.75, 3.05) is 11.9 Å². The van der Waals surface area contributed by atoms with E-state index in [1.807, 2.05) is 6.92 Å². The zero-order valence-corrected chi connectivity index (χ0v) is 15.2. The Bertz CT molecular complexity index is 831. The highest BCUT2D eigenvalue weighted by molar-refractivity contribution is 6.04. The fourth-order valence-corrected chi connectivity index (χ4v) is 2.55. The summed E-state index contributed by atoms with van der Waals surface area (Å²) in [6.45, 7) is 5.21. The SMILES string of the molecule is CCC(=NCC(=O)[C@@H](C)Nc1cccc(O)c1)c1ccc(O)c(C)c1O. The molecule has 0 unspecified atom stereocenters. The molecule has 6 heteroatoms. The van der Waals surface area contributed by atoms with Crippen molar-refractivity contribution in [1.82, 2.24) is 0 Å². The van der Waals surface area contributed by atoms with Crippen molar-refractivity contribution in [2.24, 2.45) is 4.99 Å². The first-order chi connectivity index (χ1) is 12.3. The molecule has 2 rings (SSSR count). The number of rotatable bonds is 7. The Hall–Kier alpha value is -3.02. The highest BCUT2D eigenvalue weighted by Gasteiger charge is 2.15. The zero-order valence-electron chi connectivity index (χ0n) is 15.2. The van der Waals surface area contributed by atoms with Gasteiger partial charge in [0.05, 0.1) is 12.6 Å². The van der Waals surface area contributed by atoms with Crippen LogP contribution < -0.4 is 5.32 Å². The Morgan fingerprint density at radius 2 is 1.92 bits per heavy atom. The lowest BCUT2D eigenvalue weighted by molar-refractivity contribution is -0.118. The number of carbonyl (C=O) groups is 1. The van der Waals surface area contributed by atoms with Gasteiger partial charge in [-0.3, -0.25) is 9.79 Å². The van der Waals surface area contributed by atoms with Gasteiger partial charge in [-0.25, -0.2) is 0 Å². The van der Waals surface area contributed by atoms with Crippen LogP contribution in [0.25, 0.3) is 0 Å². The number of nitrogens with zero attached hydrogens (tertiary/aromatic N) is 1. The molecule has 138 valence electrons. The summed E-state index contributed by atoms with van der Waals surface area (Å²) in [7, 11) is 0. The summed E-state index contributed by atoms with van der Waals surface area (Å²) >= 11 is 0. The Labute approximate surface area is 152 Å². The lowest BCUT2D eigenvalue weighted by atomic mass is 10.0. The number of nitrogens with one attached hydrogen (secondary N) is 1. The molecule has 2 aromatic carbocycles. The number of carbonyl (C=O) groups excluding carboxylic acids is 1. The number of aromatic hydroxyl groups is 3. The second kappa shape index (κ2) is 8.38. The number of ketones is 1. The highest BCUT2D eigenvalue weighted by Crippen LogP contribution is 2.30. The van der Waals surface area contributed by atoms with Crippen LogP contribution in [0.5, 0.6) is 17.2 Å². The number of aliphatic imine (C=N–C) groups is 1. The van der Waals surface area contributed by atoms with Crippen LogP contribution in [-0.2, 0) is 4.79 Å². The van der Waals surface area contributed by atoms with E-state index in [2.05, 4.69) is 10.3 Å². The predicted molar refractivity (Wildman–Crippen MR) is 102 cm³/mol. The molecule has 0 amide bonds. The lowest BCUT2D eigenvalue weighted by Gasteiger charge is -2.14. The monoisotopic (exact) mass is 356 g/mol. The van der Waals surface area contributed by atoms with Gasteiger partial charge in [-0.05, 0) is 44.5 Å². The smallest absolute Gasteiger partial charge is 0.175 e. The number of phenols is 3. The molecule has 2 aromatic rings. The molecular weight excluding hydrogens is 332 g/mol. The first-order valence-electron chi connectivity index (χ1n) is 8.47. The summed E-state index contributed by atoms with van der Waals surface area (Å²) in [5.74, 6) is -0.000837. The van der Waals surface area contributed by atoms with Gasteiger partial charge in [-0.1, -0.05) is 13.0 Å². The molecule has 0 aromatic heterocycles. The summed E-state index contributed by atoms with van der Waals surface area (Å²) in [5.41, 5.74) is 2.15. The van der Waals surface area contributed by atoms with Crippen LogP contribution >= 0.6 is 0 Å². The van der Waals surface area contributed by atoms with Crippen molar-refractivity contribution in [2.45, 2.75) is 33.2 Å². The van der Waals surface area contributed by atoms with Gasteiger partial charge < -0.3 is 20.6 Å². The molecule has 0 fully saturated rings. The Kier molecular flexibility index (Phi) is 6.22. The van der Waals surface area contributed by atoms with Crippen LogP contribution in [-0.4, -0.2) is 39.4 Å². The maximum atomic E-state index is 12.4. The molecule has 0 aliphatic rings. The molecule has 0 radical (unpaired) electrons. The van der Waals surface area contributed by atoms with Crippen LogP contribution in [0.2, 0.25) is 0 Å². The molecular formula is C20H24N2O4. The van der Waals surface area contributed by atoms with Crippen molar-refractivity contribution in [3.63, 3.8) is 0 Å². The second-order valence-electron chi connectivity index (χ2n) is 6.10. The van der Waals surface area contributed by atoms with Crippen molar-refractivity contribution in [3.8, 4) is 17.2 Å². The van der Waals surface area contributed by atoms with Crippen molar-refractivity contribution >= 4 is 17.2 Å². The van der Waals surface area contributed by atoms with Crippen LogP contribution in [0.1, 0.15) is 31.4 Å². The normalized spacial score (nSPS) is 12.7. The van der Waals surface area contributed by atoms with Gasteiger partial charge in [0, 0.05) is 28.6 Å². The molecule has 0 spiro atoms. The molecule has 6 nitrogen and oxygen atoms in total. The third kappa shape index (κ3) is 4.53. The van der Waals surface area contributed by atoms with Crippen LogP contribution in [0, 0.1) is 6.92 Å². The molecule has 0 aliphatic heterocycles. The van der Waals surface area contributed by atoms with Crippen molar-refractivity contribution < 1.29 is 20.1 Å². The minimum atomic E-state index is -0.478. The van der Waals surface area contributed by atoms with Gasteiger partial charge in [-0.2, -0.15) is 0 Å². The molecule has 1 atom stereocenters. The molecule has 0 heterocycles. The van der Waals surface area contributed by atoms with E-state index >= 15 is 0 Å². The Morgan fingerprint density at radius 1 is 1.19 bits per heavy atom. The molecule has 0 bridgehead atoms. The van der Waals surface area contributed by atoms with Gasteiger partial charge in [-0.15, -0.1) is 0 Å². The quantitative estimate of drug-likeness (QED) is 0.570. The maximum Gasteiger partial charge on any atom is 0.175 e. The minimum Gasteiger partial charge on any atom is -0.508 e. The van der Waals surface area contributed by atoms with Crippen LogP contribution in [0.4, 0.5) is 5.69 Å². The van der Waals surface area contributed by atoms with Crippen molar-refractivity contribution in [1.29, 1.82) is 0 Å². The van der Waals surface area contributed by atoms with E-state index in [4.69, 9.17) is 0 Å². The molecule has 4 N–H and O–H groups in total. The average Bonchev–Trinajstić information content (AvgIpc) is 2.61. The van der Waals surface area contributed by atoms with Crippen LogP contribution in [0.3, 0.4) is 0 Å². The summed E-state index contributed by atoms with van der Waals surface area (Å²) < 4.78 is 0. The number of Topliss-reactive ketones (excluding diaryl/α,β-unsaturated/α-hetero) is 1. The number of phenolic OH excluding ortho intramolecular Hbond substituents is 3. The van der Waals surface area contributed by atoms with Crippen molar-refractivity contribution in [3.05, 3.63) is 47.5 Å². The first kappa shape index (κ1) is 19.3. The van der Waals surface area contributed by atoms with E-state index in [1.54, 1.807) is 44.2 Å². The summed E-state index contributed by atoms with van der Waals surface area (Å²) in [4.78, 5) is 16.7. The second-order valence-corrected chi connectivity index (χ2v) is 6.10. The third-order valence-electron chi connectivity index (χ3n) is 4.19. The summed E-state index contributed by atoms with van der Waals surface area (Å²) in [5, 5.41) is 32.4. The number of hydrogen-bond acceptors (Lipinski definition) is 6. The number of benzene rings is 2. The van der Waals surface area contributed by atoms with Gasteiger partial charge in [0.15, 0.2) is 5.78 Å². The summed E-state index contributed by atoms with van der Waals surface area (Å²) in [6.07, 6.45) is 0.541. The molecule has 0 saturated carbocycles. The lowest BCUT2D eigenvalue weighted by Crippen LogP contribution is -2.28. The fraction of sp³-hybridized carbons (Fsp3) is 0.300. The molecule has 26 heavy (non-hydrogen) atoms.